The quantitative estimate of drug-likeness (QED) is 0.189. The van der Waals surface area contributed by atoms with E-state index in [0.717, 1.165) is 35.1 Å². The fraction of sp³-hybridized carbons (Fsp3) is 0.167. The Balaban J connectivity index is 1.39. The van der Waals surface area contributed by atoms with Crippen molar-refractivity contribution in [2.24, 2.45) is 0 Å². The number of hydrogen-bond acceptors (Lipinski definition) is 6. The second-order valence-electron chi connectivity index (χ2n) is 7.82. The first-order valence-electron chi connectivity index (χ1n) is 10.5. The zero-order valence-corrected chi connectivity index (χ0v) is 19.6. The Bertz CT molecular complexity index is 1380. The van der Waals surface area contributed by atoms with Gasteiger partial charge < -0.3 is 14.6 Å². The van der Waals surface area contributed by atoms with Gasteiger partial charge in [0.1, 0.15) is 11.2 Å². The Morgan fingerprint density at radius 1 is 1.09 bits per heavy atom. The van der Waals surface area contributed by atoms with Crippen LogP contribution in [-0.4, -0.2) is 28.9 Å². The predicted molar refractivity (Wildman–Crippen MR) is 135 cm³/mol. The van der Waals surface area contributed by atoms with Crippen LogP contribution in [0.4, 0.5) is 17.1 Å². The topological polar surface area (TPSA) is 102 Å². The van der Waals surface area contributed by atoms with Crippen LogP contribution in [0.15, 0.2) is 65.1 Å². The normalized spacial score (nSPS) is 13.4. The van der Waals surface area contributed by atoms with Crippen LogP contribution in [0, 0.1) is 13.7 Å². The van der Waals surface area contributed by atoms with E-state index >= 15 is 0 Å². The molecular formula is C24H19IN4O4. The van der Waals surface area contributed by atoms with Crippen LogP contribution in [0.2, 0.25) is 0 Å². The molecule has 1 aliphatic rings. The van der Waals surface area contributed by atoms with E-state index < -0.39 is 10.8 Å². The number of halogens is 1. The van der Waals surface area contributed by atoms with Crippen LogP contribution >= 0.6 is 22.6 Å². The number of amides is 1. The number of nitro groups is 1. The molecule has 0 bridgehead atoms. The highest BCUT2D eigenvalue weighted by atomic mass is 127. The number of nitrogens with one attached hydrogen (secondary N) is 1. The molecule has 5 rings (SSSR count). The third-order valence-corrected chi connectivity index (χ3v) is 6.27. The SMILES string of the molecule is O=C(Nc1ccc2oc(-c3cccc(I)c3)nc2c1)c1ccc(N2CCCC2)c([N+](=O)[O-])c1. The van der Waals surface area contributed by atoms with Crippen molar-refractivity contribution in [2.75, 3.05) is 23.3 Å². The lowest BCUT2D eigenvalue weighted by Crippen LogP contribution is -2.19. The summed E-state index contributed by atoms with van der Waals surface area (Å²) < 4.78 is 6.93. The second-order valence-corrected chi connectivity index (χ2v) is 9.07. The molecular weight excluding hydrogens is 535 g/mol. The van der Waals surface area contributed by atoms with Crippen LogP contribution in [0.1, 0.15) is 23.2 Å². The molecule has 1 N–H and O–H groups in total. The maximum atomic E-state index is 12.8. The van der Waals surface area contributed by atoms with Crippen molar-refractivity contribution >= 4 is 56.7 Å². The molecule has 9 heteroatoms. The minimum Gasteiger partial charge on any atom is -0.436 e. The molecule has 0 aliphatic carbocycles. The summed E-state index contributed by atoms with van der Waals surface area (Å²) in [5.74, 6) is 0.0758. The van der Waals surface area contributed by atoms with E-state index in [4.69, 9.17) is 4.42 Å². The number of carbonyl (C=O) groups excluding carboxylic acids is 1. The molecule has 0 saturated carbocycles. The van der Waals surface area contributed by atoms with Gasteiger partial charge in [0.25, 0.3) is 11.6 Å². The maximum Gasteiger partial charge on any atom is 0.293 e. The van der Waals surface area contributed by atoms with Crippen LogP contribution in [0.5, 0.6) is 0 Å². The monoisotopic (exact) mass is 554 g/mol. The molecule has 33 heavy (non-hydrogen) atoms. The fourth-order valence-electron chi connectivity index (χ4n) is 3.99. The van der Waals surface area contributed by atoms with Gasteiger partial charge in [0.15, 0.2) is 5.58 Å². The van der Waals surface area contributed by atoms with E-state index in [9.17, 15) is 14.9 Å². The number of fused-ring (bicyclic) bond motifs is 1. The van der Waals surface area contributed by atoms with E-state index in [-0.39, 0.29) is 11.3 Å². The van der Waals surface area contributed by atoms with Crippen molar-refractivity contribution in [1.29, 1.82) is 0 Å². The molecule has 166 valence electrons. The van der Waals surface area contributed by atoms with Crippen molar-refractivity contribution < 1.29 is 14.1 Å². The van der Waals surface area contributed by atoms with Crippen LogP contribution < -0.4 is 10.2 Å². The minimum absolute atomic E-state index is 0.0568. The molecule has 8 nitrogen and oxygen atoms in total. The number of rotatable bonds is 5. The smallest absolute Gasteiger partial charge is 0.293 e. The van der Waals surface area contributed by atoms with E-state index in [1.54, 1.807) is 30.3 Å². The molecule has 1 aromatic heterocycles. The molecule has 0 radical (unpaired) electrons. The van der Waals surface area contributed by atoms with Gasteiger partial charge in [-0.15, -0.1) is 0 Å². The number of benzene rings is 3. The number of carbonyl (C=O) groups is 1. The average Bonchev–Trinajstić information content (AvgIpc) is 3.48. The number of nitrogens with zero attached hydrogens (tertiary/aromatic N) is 3. The highest BCUT2D eigenvalue weighted by molar-refractivity contribution is 14.1. The summed E-state index contributed by atoms with van der Waals surface area (Å²) >= 11 is 2.23. The Hall–Kier alpha value is -3.47. The lowest BCUT2D eigenvalue weighted by molar-refractivity contribution is -0.384. The van der Waals surface area contributed by atoms with E-state index in [1.165, 1.54) is 6.07 Å². The Morgan fingerprint density at radius 2 is 1.91 bits per heavy atom. The Morgan fingerprint density at radius 3 is 2.67 bits per heavy atom. The van der Waals surface area contributed by atoms with Gasteiger partial charge in [0.2, 0.25) is 5.89 Å². The third kappa shape index (κ3) is 4.40. The lowest BCUT2D eigenvalue weighted by Gasteiger charge is -2.17. The van der Waals surface area contributed by atoms with Gasteiger partial charge in [-0.2, -0.15) is 0 Å². The number of anilines is 2. The van der Waals surface area contributed by atoms with Crippen molar-refractivity contribution in [3.05, 3.63) is 79.9 Å². The summed E-state index contributed by atoms with van der Waals surface area (Å²) in [6.07, 6.45) is 2.02. The molecule has 0 unspecified atom stereocenters. The van der Waals surface area contributed by atoms with Crippen molar-refractivity contribution in [3.8, 4) is 11.5 Å². The first-order chi connectivity index (χ1) is 16.0. The highest BCUT2D eigenvalue weighted by Gasteiger charge is 2.24. The molecule has 1 amide bonds. The summed E-state index contributed by atoms with van der Waals surface area (Å²) in [6, 6.07) is 17.6. The van der Waals surface area contributed by atoms with Crippen LogP contribution in [-0.2, 0) is 0 Å². The zero-order chi connectivity index (χ0) is 22.9. The zero-order valence-electron chi connectivity index (χ0n) is 17.5. The fourth-order valence-corrected chi connectivity index (χ4v) is 4.53. The first kappa shape index (κ1) is 21.4. The van der Waals surface area contributed by atoms with Crippen LogP contribution in [0.25, 0.3) is 22.6 Å². The van der Waals surface area contributed by atoms with Gasteiger partial charge in [-0.3, -0.25) is 14.9 Å². The molecule has 0 spiro atoms. The molecule has 1 aliphatic heterocycles. The number of nitro benzene ring substituents is 1. The number of hydrogen-bond donors (Lipinski definition) is 1. The first-order valence-corrected chi connectivity index (χ1v) is 11.6. The molecule has 0 atom stereocenters. The molecule has 1 saturated heterocycles. The molecule has 4 aromatic rings. The lowest BCUT2D eigenvalue weighted by atomic mass is 10.1. The molecule has 2 heterocycles. The summed E-state index contributed by atoms with van der Waals surface area (Å²) in [4.78, 5) is 30.6. The van der Waals surface area contributed by atoms with Crippen molar-refractivity contribution in [1.82, 2.24) is 4.98 Å². The van der Waals surface area contributed by atoms with Gasteiger partial charge in [0.05, 0.1) is 4.92 Å². The number of oxazole rings is 1. The van der Waals surface area contributed by atoms with Gasteiger partial charge in [-0.25, -0.2) is 4.98 Å². The average molecular weight is 554 g/mol. The summed E-state index contributed by atoms with van der Waals surface area (Å²) in [6.45, 7) is 1.57. The largest absolute Gasteiger partial charge is 0.436 e. The standard InChI is InChI=1S/C24H19IN4O4/c25-17-5-3-4-16(12-17)24-27-19-14-18(7-9-22(19)33-24)26-23(30)15-6-8-20(21(13-15)29(31)32)28-10-1-2-11-28/h3-9,12-14H,1-2,10-11H2,(H,26,30). The van der Waals surface area contributed by atoms with Crippen molar-refractivity contribution in [3.63, 3.8) is 0 Å². The van der Waals surface area contributed by atoms with Crippen molar-refractivity contribution in [2.45, 2.75) is 12.8 Å². The van der Waals surface area contributed by atoms with E-state index in [1.807, 2.05) is 29.2 Å². The maximum absolute atomic E-state index is 12.8. The van der Waals surface area contributed by atoms with Gasteiger partial charge in [-0.1, -0.05) is 6.07 Å². The Kier molecular flexibility index (Phi) is 5.71. The van der Waals surface area contributed by atoms with E-state index in [2.05, 4.69) is 32.9 Å². The number of aromatic nitrogens is 1. The summed E-state index contributed by atoms with van der Waals surface area (Å²) in [5.41, 5.74) is 3.34. The van der Waals surface area contributed by atoms with Gasteiger partial charge in [0, 0.05) is 39.5 Å². The molecule has 1 fully saturated rings. The third-order valence-electron chi connectivity index (χ3n) is 5.60. The minimum atomic E-state index is -0.432. The van der Waals surface area contributed by atoms with Crippen LogP contribution in [0.3, 0.4) is 0 Å². The summed E-state index contributed by atoms with van der Waals surface area (Å²) in [7, 11) is 0. The second kappa shape index (κ2) is 8.81. The Labute approximate surface area is 202 Å². The van der Waals surface area contributed by atoms with Gasteiger partial charge in [-0.05, 0) is 84.0 Å². The summed E-state index contributed by atoms with van der Waals surface area (Å²) in [5, 5.41) is 14.4. The highest BCUT2D eigenvalue weighted by Crippen LogP contribution is 2.32. The van der Waals surface area contributed by atoms with Gasteiger partial charge >= 0.3 is 0 Å². The van der Waals surface area contributed by atoms with E-state index in [0.29, 0.717) is 28.4 Å². The predicted octanol–water partition coefficient (Wildman–Crippen LogP) is 5.86. The molecule has 3 aromatic carbocycles.